The molecule has 23 heavy (non-hydrogen) atoms. The molecule has 0 fully saturated rings. The Balaban J connectivity index is 2.88. The van der Waals surface area contributed by atoms with E-state index in [0.717, 1.165) is 12.0 Å². The van der Waals surface area contributed by atoms with Crippen molar-refractivity contribution in [2.75, 3.05) is 6.61 Å². The summed E-state index contributed by atoms with van der Waals surface area (Å²) in [6, 6.07) is 10.0. The second kappa shape index (κ2) is 7.08. The third kappa shape index (κ3) is 6.05. The first kappa shape index (κ1) is 20.4. The van der Waals surface area contributed by atoms with Crippen LogP contribution in [0.2, 0.25) is 18.1 Å². The third-order valence-electron chi connectivity index (χ3n) is 4.92. The van der Waals surface area contributed by atoms with Crippen LogP contribution in [0, 0.1) is 5.41 Å². The van der Waals surface area contributed by atoms with Gasteiger partial charge in [0.2, 0.25) is 0 Å². The fourth-order valence-corrected chi connectivity index (χ4v) is 3.70. The van der Waals surface area contributed by atoms with E-state index < -0.39 is 13.9 Å². The van der Waals surface area contributed by atoms with Gasteiger partial charge in [0.25, 0.3) is 0 Å². The Morgan fingerprint density at radius 3 is 1.91 bits per heavy atom. The Kier molecular flexibility index (Phi) is 6.28. The van der Waals surface area contributed by atoms with E-state index >= 15 is 0 Å². The van der Waals surface area contributed by atoms with Gasteiger partial charge >= 0.3 is 0 Å². The Hall–Kier alpha value is -0.643. The van der Waals surface area contributed by atoms with E-state index in [1.54, 1.807) is 0 Å². The molecule has 1 aromatic rings. The summed E-state index contributed by atoms with van der Waals surface area (Å²) in [7, 11) is -1.78. The van der Waals surface area contributed by atoms with Crippen LogP contribution in [0.5, 0.6) is 0 Å². The number of aliphatic hydroxyl groups is 1. The molecule has 0 heterocycles. The van der Waals surface area contributed by atoms with E-state index in [1.165, 1.54) is 0 Å². The van der Waals surface area contributed by atoms with Gasteiger partial charge in [-0.25, -0.2) is 0 Å². The standard InChI is InChI=1S/C20H36O2Si/c1-18(2,3)16-20(21,17-12-10-9-11-13-17)14-15-22-23(7,8)19(4,5)6/h9-13,21H,14-16H2,1-8H3. The number of hydrogen-bond acceptors (Lipinski definition) is 2. The summed E-state index contributed by atoms with van der Waals surface area (Å²) in [6.45, 7) is 18.4. The summed E-state index contributed by atoms with van der Waals surface area (Å²) in [5.74, 6) is 0. The Bertz CT molecular complexity index is 483. The summed E-state index contributed by atoms with van der Waals surface area (Å²) in [5.41, 5.74) is 0.220. The summed E-state index contributed by atoms with van der Waals surface area (Å²) in [6.07, 6.45) is 1.37. The number of benzene rings is 1. The molecular formula is C20H36O2Si. The van der Waals surface area contributed by atoms with Gasteiger partial charge in [0.1, 0.15) is 0 Å². The summed E-state index contributed by atoms with van der Waals surface area (Å²) < 4.78 is 6.30. The molecule has 1 N–H and O–H groups in total. The minimum atomic E-state index is -1.78. The van der Waals surface area contributed by atoms with Gasteiger partial charge in [0, 0.05) is 13.0 Å². The minimum absolute atomic E-state index is 0.0571. The van der Waals surface area contributed by atoms with Crippen molar-refractivity contribution in [2.24, 2.45) is 5.41 Å². The van der Waals surface area contributed by atoms with Gasteiger partial charge in [-0.05, 0) is 35.5 Å². The lowest BCUT2D eigenvalue weighted by Crippen LogP contribution is -2.42. The summed E-state index contributed by atoms with van der Waals surface area (Å²) in [5, 5.41) is 11.5. The van der Waals surface area contributed by atoms with Gasteiger partial charge in [-0.1, -0.05) is 71.9 Å². The van der Waals surface area contributed by atoms with Crippen molar-refractivity contribution < 1.29 is 9.53 Å². The summed E-state index contributed by atoms with van der Waals surface area (Å²) >= 11 is 0. The van der Waals surface area contributed by atoms with E-state index in [1.807, 2.05) is 30.3 Å². The fourth-order valence-electron chi connectivity index (χ4n) is 2.65. The maximum atomic E-state index is 11.4. The molecule has 0 aliphatic carbocycles. The van der Waals surface area contributed by atoms with Crippen molar-refractivity contribution >= 4 is 8.32 Å². The molecule has 1 atom stereocenters. The molecule has 0 radical (unpaired) electrons. The second-order valence-electron chi connectivity index (χ2n) is 9.49. The minimum Gasteiger partial charge on any atom is -0.417 e. The molecule has 2 nitrogen and oxygen atoms in total. The van der Waals surface area contributed by atoms with Gasteiger partial charge in [0.15, 0.2) is 8.32 Å². The molecule has 0 aromatic heterocycles. The maximum absolute atomic E-state index is 11.4. The molecule has 132 valence electrons. The first-order valence-electron chi connectivity index (χ1n) is 8.69. The molecule has 0 saturated carbocycles. The highest BCUT2D eigenvalue weighted by molar-refractivity contribution is 6.74. The molecule has 0 amide bonds. The Labute approximate surface area is 144 Å². The molecule has 1 unspecified atom stereocenters. The Morgan fingerprint density at radius 2 is 1.48 bits per heavy atom. The van der Waals surface area contributed by atoms with Crippen LogP contribution in [-0.4, -0.2) is 20.0 Å². The largest absolute Gasteiger partial charge is 0.417 e. The lowest BCUT2D eigenvalue weighted by molar-refractivity contribution is -0.0217. The highest BCUT2D eigenvalue weighted by Crippen LogP contribution is 2.40. The lowest BCUT2D eigenvalue weighted by Gasteiger charge is -2.39. The van der Waals surface area contributed by atoms with Crippen molar-refractivity contribution in [3.8, 4) is 0 Å². The van der Waals surface area contributed by atoms with Crippen LogP contribution in [-0.2, 0) is 10.0 Å². The van der Waals surface area contributed by atoms with Gasteiger partial charge in [-0.2, -0.15) is 0 Å². The monoisotopic (exact) mass is 336 g/mol. The molecule has 0 aliphatic heterocycles. The van der Waals surface area contributed by atoms with Gasteiger partial charge < -0.3 is 9.53 Å². The van der Waals surface area contributed by atoms with Crippen LogP contribution in [0.3, 0.4) is 0 Å². The highest BCUT2D eigenvalue weighted by Gasteiger charge is 2.39. The maximum Gasteiger partial charge on any atom is 0.191 e. The zero-order valence-electron chi connectivity index (χ0n) is 16.4. The van der Waals surface area contributed by atoms with Crippen LogP contribution < -0.4 is 0 Å². The van der Waals surface area contributed by atoms with Crippen LogP contribution in [0.25, 0.3) is 0 Å². The first-order valence-corrected chi connectivity index (χ1v) is 11.6. The first-order chi connectivity index (χ1) is 10.3. The zero-order valence-corrected chi connectivity index (χ0v) is 17.4. The van der Waals surface area contributed by atoms with Gasteiger partial charge in [0.05, 0.1) is 5.60 Å². The third-order valence-corrected chi connectivity index (χ3v) is 9.46. The van der Waals surface area contributed by atoms with Crippen LogP contribution in [0.15, 0.2) is 30.3 Å². The molecule has 0 bridgehead atoms. The quantitative estimate of drug-likeness (QED) is 0.673. The average molecular weight is 337 g/mol. The van der Waals surface area contributed by atoms with Crippen molar-refractivity contribution in [2.45, 2.75) is 78.1 Å². The number of hydrogen-bond donors (Lipinski definition) is 1. The topological polar surface area (TPSA) is 29.5 Å². The van der Waals surface area contributed by atoms with E-state index in [2.05, 4.69) is 54.6 Å². The predicted octanol–water partition coefficient (Wildman–Crippen LogP) is 5.72. The lowest BCUT2D eigenvalue weighted by atomic mass is 9.76. The van der Waals surface area contributed by atoms with E-state index in [0.29, 0.717) is 13.0 Å². The summed E-state index contributed by atoms with van der Waals surface area (Å²) in [4.78, 5) is 0. The number of rotatable bonds is 6. The molecule has 3 heteroatoms. The fraction of sp³-hybridized carbons (Fsp3) is 0.700. The zero-order chi connectivity index (χ0) is 17.9. The molecule has 1 rings (SSSR count). The van der Waals surface area contributed by atoms with E-state index in [-0.39, 0.29) is 10.5 Å². The van der Waals surface area contributed by atoms with Crippen LogP contribution >= 0.6 is 0 Å². The Morgan fingerprint density at radius 1 is 0.957 bits per heavy atom. The van der Waals surface area contributed by atoms with Gasteiger partial charge in [-0.15, -0.1) is 0 Å². The van der Waals surface area contributed by atoms with Crippen molar-refractivity contribution in [1.82, 2.24) is 0 Å². The molecule has 0 saturated heterocycles. The smallest absolute Gasteiger partial charge is 0.191 e. The van der Waals surface area contributed by atoms with Crippen molar-refractivity contribution in [1.29, 1.82) is 0 Å². The average Bonchev–Trinajstić information content (AvgIpc) is 2.36. The van der Waals surface area contributed by atoms with E-state index in [4.69, 9.17) is 4.43 Å². The van der Waals surface area contributed by atoms with Crippen LogP contribution in [0.4, 0.5) is 0 Å². The molecular weight excluding hydrogens is 300 g/mol. The molecule has 0 spiro atoms. The van der Waals surface area contributed by atoms with E-state index in [9.17, 15) is 5.11 Å². The van der Waals surface area contributed by atoms with Crippen molar-refractivity contribution in [3.05, 3.63) is 35.9 Å². The highest BCUT2D eigenvalue weighted by atomic mass is 28.4. The van der Waals surface area contributed by atoms with Gasteiger partial charge in [-0.3, -0.25) is 0 Å². The predicted molar refractivity (Wildman–Crippen MR) is 102 cm³/mol. The normalized spacial score (nSPS) is 16.2. The molecule has 1 aromatic carbocycles. The molecule has 0 aliphatic rings. The second-order valence-corrected chi connectivity index (χ2v) is 14.3. The van der Waals surface area contributed by atoms with Crippen molar-refractivity contribution in [3.63, 3.8) is 0 Å². The van der Waals surface area contributed by atoms with Crippen LogP contribution in [0.1, 0.15) is 59.9 Å². The SMILES string of the molecule is CC(C)(C)CC(O)(CCO[Si](C)(C)C(C)(C)C)c1ccccc1.